The molecule has 0 saturated heterocycles. The lowest BCUT2D eigenvalue weighted by molar-refractivity contribution is -0.111. The minimum absolute atomic E-state index is 0.161. The first-order valence-corrected chi connectivity index (χ1v) is 11.5. The Labute approximate surface area is 188 Å². The Morgan fingerprint density at radius 1 is 1.23 bits per heavy atom. The number of carbonyl (C=O) groups is 1. The number of carbonyl (C=O) groups excluding carboxylic acids is 1. The fourth-order valence-corrected chi connectivity index (χ4v) is 4.27. The van der Waals surface area contributed by atoms with Crippen molar-refractivity contribution >= 4 is 39.3 Å². The van der Waals surface area contributed by atoms with Crippen LogP contribution in [0, 0.1) is 0 Å². The number of nitrogens with zero attached hydrogens (tertiary/aromatic N) is 1. The van der Waals surface area contributed by atoms with Crippen LogP contribution in [0.1, 0.15) is 26.3 Å². The van der Waals surface area contributed by atoms with E-state index in [9.17, 15) is 13.2 Å². The number of ether oxygens (including phenoxy) is 2. The van der Waals surface area contributed by atoms with Gasteiger partial charge in [-0.2, -0.15) is 4.31 Å². The number of anilines is 1. The molecule has 1 N–H and O–H groups in total. The Morgan fingerprint density at radius 2 is 1.87 bits per heavy atom. The molecule has 9 heteroatoms. The van der Waals surface area contributed by atoms with Crippen molar-refractivity contribution in [3.63, 3.8) is 0 Å². The highest BCUT2D eigenvalue weighted by Gasteiger charge is 2.22. The molecule has 2 aromatic carbocycles. The van der Waals surface area contributed by atoms with Gasteiger partial charge in [0.25, 0.3) is 0 Å². The Morgan fingerprint density at radius 3 is 2.42 bits per heavy atom. The summed E-state index contributed by atoms with van der Waals surface area (Å²) in [6.45, 7) is 5.89. The molecule has 0 fully saturated rings. The highest BCUT2D eigenvalue weighted by Crippen LogP contribution is 2.36. The molecular weight excluding hydrogens is 440 g/mol. The van der Waals surface area contributed by atoms with Gasteiger partial charge in [0.1, 0.15) is 0 Å². The van der Waals surface area contributed by atoms with Crippen LogP contribution in [-0.4, -0.2) is 45.4 Å². The zero-order chi connectivity index (χ0) is 23.2. The maximum absolute atomic E-state index is 12.5. The Kier molecular flexibility index (Phi) is 8.50. The first kappa shape index (κ1) is 24.7. The summed E-state index contributed by atoms with van der Waals surface area (Å²) in [6, 6.07) is 9.24. The van der Waals surface area contributed by atoms with E-state index < -0.39 is 10.0 Å². The standard InChI is InChI=1S/C22H27ClN2O5S/c1-6-30-22-19(23)13-16(14-20(22)29-5)7-12-21(26)24-17-8-10-18(11-9-17)31(27,28)25(4)15(2)3/h7-15H,6H2,1-5H3,(H,24,26)/b12-7+. The van der Waals surface area contributed by atoms with Gasteiger partial charge < -0.3 is 14.8 Å². The third kappa shape index (κ3) is 6.22. The number of nitrogens with one attached hydrogen (secondary N) is 1. The van der Waals surface area contributed by atoms with Crippen LogP contribution in [0.15, 0.2) is 47.4 Å². The molecule has 0 aliphatic heterocycles. The van der Waals surface area contributed by atoms with E-state index in [1.807, 2.05) is 6.92 Å². The van der Waals surface area contributed by atoms with Crippen LogP contribution < -0.4 is 14.8 Å². The van der Waals surface area contributed by atoms with E-state index in [1.165, 1.54) is 36.7 Å². The lowest BCUT2D eigenvalue weighted by atomic mass is 10.2. The van der Waals surface area contributed by atoms with Gasteiger partial charge in [0.05, 0.1) is 23.6 Å². The lowest BCUT2D eigenvalue weighted by Gasteiger charge is -2.21. The van der Waals surface area contributed by atoms with Crippen molar-refractivity contribution in [3.8, 4) is 11.5 Å². The highest BCUT2D eigenvalue weighted by atomic mass is 35.5. The van der Waals surface area contributed by atoms with E-state index in [0.717, 1.165) is 0 Å². The van der Waals surface area contributed by atoms with Gasteiger partial charge in [-0.3, -0.25) is 4.79 Å². The molecule has 7 nitrogen and oxygen atoms in total. The molecule has 168 valence electrons. The van der Waals surface area contributed by atoms with E-state index in [-0.39, 0.29) is 16.8 Å². The van der Waals surface area contributed by atoms with Crippen LogP contribution >= 0.6 is 11.6 Å². The SMILES string of the molecule is CCOc1c(Cl)cc(/C=C/C(=O)Nc2ccc(S(=O)(=O)N(C)C(C)C)cc2)cc1OC. The van der Waals surface area contributed by atoms with Gasteiger partial charge in [-0.25, -0.2) is 8.42 Å². The predicted molar refractivity (Wildman–Crippen MR) is 123 cm³/mol. The topological polar surface area (TPSA) is 84.9 Å². The number of sulfonamides is 1. The highest BCUT2D eigenvalue weighted by molar-refractivity contribution is 7.89. The van der Waals surface area contributed by atoms with Crippen LogP contribution in [0.4, 0.5) is 5.69 Å². The van der Waals surface area contributed by atoms with Crippen LogP contribution in [0.2, 0.25) is 5.02 Å². The molecule has 0 atom stereocenters. The van der Waals surface area contributed by atoms with Crippen LogP contribution in [0.5, 0.6) is 11.5 Å². The third-order valence-electron chi connectivity index (χ3n) is 4.49. The summed E-state index contributed by atoms with van der Waals surface area (Å²) >= 11 is 6.24. The van der Waals surface area contributed by atoms with Crippen molar-refractivity contribution in [1.82, 2.24) is 4.31 Å². The molecule has 0 heterocycles. The molecule has 0 unspecified atom stereocenters. The average molecular weight is 467 g/mol. The monoisotopic (exact) mass is 466 g/mol. The second-order valence-electron chi connectivity index (χ2n) is 6.93. The molecule has 0 aliphatic carbocycles. The van der Waals surface area contributed by atoms with Gasteiger partial charge in [0.15, 0.2) is 11.5 Å². The molecule has 1 amide bonds. The summed E-state index contributed by atoms with van der Waals surface area (Å²) in [5, 5.41) is 3.07. The van der Waals surface area contributed by atoms with Gasteiger partial charge >= 0.3 is 0 Å². The summed E-state index contributed by atoms with van der Waals surface area (Å²) in [5.74, 6) is 0.544. The summed E-state index contributed by atoms with van der Waals surface area (Å²) < 4.78 is 37.1. The Balaban J connectivity index is 2.11. The van der Waals surface area contributed by atoms with E-state index in [2.05, 4.69) is 5.32 Å². The fourth-order valence-electron chi connectivity index (χ4n) is 2.63. The van der Waals surface area contributed by atoms with Crippen molar-refractivity contribution in [2.75, 3.05) is 26.1 Å². The van der Waals surface area contributed by atoms with Crippen LogP contribution in [0.3, 0.4) is 0 Å². The van der Waals surface area contributed by atoms with Gasteiger partial charge in [-0.15, -0.1) is 0 Å². The number of amides is 1. The molecule has 2 rings (SSSR count). The Bertz CT molecular complexity index is 1050. The molecule has 2 aromatic rings. The summed E-state index contributed by atoms with van der Waals surface area (Å²) in [4.78, 5) is 12.4. The van der Waals surface area contributed by atoms with Gasteiger partial charge in [-0.1, -0.05) is 11.6 Å². The number of rotatable bonds is 9. The largest absolute Gasteiger partial charge is 0.493 e. The zero-order valence-corrected chi connectivity index (χ0v) is 19.8. The van der Waals surface area contributed by atoms with E-state index in [1.54, 1.807) is 44.2 Å². The molecule has 0 saturated carbocycles. The Hall–Kier alpha value is -2.55. The van der Waals surface area contributed by atoms with Gasteiger partial charge in [0, 0.05) is 24.9 Å². The normalized spacial score (nSPS) is 11.9. The first-order valence-electron chi connectivity index (χ1n) is 9.67. The molecule has 31 heavy (non-hydrogen) atoms. The number of benzene rings is 2. The minimum Gasteiger partial charge on any atom is -0.493 e. The minimum atomic E-state index is -3.58. The molecule has 0 aromatic heterocycles. The maximum atomic E-state index is 12.5. The van der Waals surface area contributed by atoms with Crippen LogP contribution in [-0.2, 0) is 14.8 Å². The quantitative estimate of drug-likeness (QED) is 0.552. The van der Waals surface area contributed by atoms with Crippen molar-refractivity contribution in [2.24, 2.45) is 0 Å². The summed E-state index contributed by atoms with van der Waals surface area (Å²) in [7, 11) is -0.535. The average Bonchev–Trinajstić information content (AvgIpc) is 2.73. The van der Waals surface area contributed by atoms with Crippen LogP contribution in [0.25, 0.3) is 6.08 Å². The second kappa shape index (κ2) is 10.7. The third-order valence-corrected chi connectivity index (χ3v) is 6.82. The first-order chi connectivity index (χ1) is 14.6. The van der Waals surface area contributed by atoms with Crippen molar-refractivity contribution in [2.45, 2.75) is 31.7 Å². The lowest BCUT2D eigenvalue weighted by Crippen LogP contribution is -2.33. The van der Waals surface area contributed by atoms with E-state index >= 15 is 0 Å². The van der Waals surface area contributed by atoms with Crippen molar-refractivity contribution in [1.29, 1.82) is 0 Å². The molecule has 0 spiro atoms. The smallest absolute Gasteiger partial charge is 0.248 e. The number of hydrogen-bond acceptors (Lipinski definition) is 5. The summed E-state index contributed by atoms with van der Waals surface area (Å²) in [6.07, 6.45) is 2.94. The van der Waals surface area contributed by atoms with E-state index in [4.69, 9.17) is 21.1 Å². The second-order valence-corrected chi connectivity index (χ2v) is 9.33. The summed E-state index contributed by atoms with van der Waals surface area (Å²) in [5.41, 5.74) is 1.14. The fraction of sp³-hybridized carbons (Fsp3) is 0.318. The predicted octanol–water partition coefficient (Wildman–Crippen LogP) is 4.43. The zero-order valence-electron chi connectivity index (χ0n) is 18.2. The van der Waals surface area contributed by atoms with Gasteiger partial charge in [0.2, 0.25) is 15.9 Å². The molecule has 0 aliphatic rings. The number of halogens is 1. The molecule has 0 bridgehead atoms. The molecular formula is C22H27ClN2O5S. The molecule has 0 radical (unpaired) electrons. The van der Waals surface area contributed by atoms with Crippen molar-refractivity contribution < 1.29 is 22.7 Å². The maximum Gasteiger partial charge on any atom is 0.248 e. The number of methoxy groups -OCH3 is 1. The van der Waals surface area contributed by atoms with Crippen molar-refractivity contribution in [3.05, 3.63) is 53.1 Å². The number of hydrogen-bond donors (Lipinski definition) is 1. The van der Waals surface area contributed by atoms with Gasteiger partial charge in [-0.05, 0) is 68.8 Å². The van der Waals surface area contributed by atoms with E-state index in [0.29, 0.717) is 34.4 Å².